The number of aromatic amines is 1. The van der Waals surface area contributed by atoms with Crippen LogP contribution < -0.4 is 5.32 Å². The number of hydrogen-bond donors (Lipinski definition) is 2. The normalized spacial score (nSPS) is 9.31. The molecule has 0 saturated carbocycles. The molecule has 0 aliphatic heterocycles. The number of anilines is 1. The summed E-state index contributed by atoms with van der Waals surface area (Å²) in [4.78, 5) is 10.7. The third kappa shape index (κ3) is 2.00. The molecule has 0 spiro atoms. The summed E-state index contributed by atoms with van der Waals surface area (Å²) in [7, 11) is 0. The summed E-state index contributed by atoms with van der Waals surface area (Å²) in [5, 5.41) is 18.3. The summed E-state index contributed by atoms with van der Waals surface area (Å²) in [5.41, 5.74) is 0.378. The lowest BCUT2D eigenvalue weighted by atomic mass is 10.3. The minimum atomic E-state index is -0.229. The maximum atomic E-state index is 10.7. The van der Waals surface area contributed by atoms with Gasteiger partial charge in [-0.2, -0.15) is 10.4 Å². The summed E-state index contributed by atoms with van der Waals surface area (Å²) in [5.74, 6) is 0.132. The van der Waals surface area contributed by atoms with Gasteiger partial charge in [0.15, 0.2) is 0 Å². The number of nitriles is 1. The molecule has 0 aromatic carbocycles. The van der Waals surface area contributed by atoms with E-state index < -0.39 is 0 Å². The highest BCUT2D eigenvalue weighted by Crippen LogP contribution is 2.22. The molecule has 1 heterocycles. The third-order valence-electron chi connectivity index (χ3n) is 1.34. The zero-order valence-corrected chi connectivity index (χ0v) is 8.03. The standard InChI is InChI=1S/C7H8N4OS/c1-4(12)9-6-5(3-8)7(13-2)11-10-6/h1-2H3,(H2,9,10,11,12). The van der Waals surface area contributed by atoms with Crippen LogP contribution in [0.3, 0.4) is 0 Å². The molecule has 0 unspecified atom stereocenters. The first kappa shape index (κ1) is 9.61. The quantitative estimate of drug-likeness (QED) is 0.690. The molecule has 0 aliphatic carbocycles. The van der Waals surface area contributed by atoms with Crippen LogP contribution in [-0.4, -0.2) is 22.4 Å². The molecule has 1 aromatic rings. The van der Waals surface area contributed by atoms with Gasteiger partial charge in [-0.1, -0.05) is 0 Å². The Kier molecular flexibility index (Phi) is 2.93. The second kappa shape index (κ2) is 3.96. The molecule has 0 aliphatic rings. The van der Waals surface area contributed by atoms with Gasteiger partial charge in [-0.3, -0.25) is 9.89 Å². The van der Waals surface area contributed by atoms with Crippen LogP contribution in [0.4, 0.5) is 5.82 Å². The number of carbonyl (C=O) groups excluding carboxylic acids is 1. The second-order valence-electron chi connectivity index (χ2n) is 2.28. The number of nitrogens with one attached hydrogen (secondary N) is 2. The van der Waals surface area contributed by atoms with Crippen molar-refractivity contribution in [2.75, 3.05) is 11.6 Å². The zero-order valence-electron chi connectivity index (χ0n) is 7.21. The fraction of sp³-hybridized carbons (Fsp3) is 0.286. The molecule has 6 heteroatoms. The lowest BCUT2D eigenvalue weighted by Gasteiger charge is -1.96. The Hall–Kier alpha value is -1.48. The van der Waals surface area contributed by atoms with Crippen molar-refractivity contribution in [3.05, 3.63) is 5.56 Å². The topological polar surface area (TPSA) is 81.6 Å². The molecule has 0 bridgehead atoms. The van der Waals surface area contributed by atoms with Crippen LogP contribution in [-0.2, 0) is 4.79 Å². The van der Waals surface area contributed by atoms with E-state index in [1.807, 2.05) is 12.3 Å². The van der Waals surface area contributed by atoms with Crippen molar-refractivity contribution in [2.45, 2.75) is 11.9 Å². The lowest BCUT2D eigenvalue weighted by Crippen LogP contribution is -2.07. The smallest absolute Gasteiger partial charge is 0.222 e. The molecule has 1 amide bonds. The van der Waals surface area contributed by atoms with Gasteiger partial charge in [-0.25, -0.2) is 0 Å². The van der Waals surface area contributed by atoms with E-state index in [2.05, 4.69) is 15.5 Å². The molecule has 1 aromatic heterocycles. The maximum absolute atomic E-state index is 10.7. The Morgan fingerprint density at radius 2 is 2.46 bits per heavy atom. The fourth-order valence-corrected chi connectivity index (χ4v) is 1.33. The first-order chi connectivity index (χ1) is 6.19. The summed E-state index contributed by atoms with van der Waals surface area (Å²) in [6.45, 7) is 1.38. The second-order valence-corrected chi connectivity index (χ2v) is 3.07. The third-order valence-corrected chi connectivity index (χ3v) is 2.02. The van der Waals surface area contributed by atoms with Gasteiger partial charge < -0.3 is 5.32 Å². The van der Waals surface area contributed by atoms with E-state index >= 15 is 0 Å². The van der Waals surface area contributed by atoms with Crippen LogP contribution >= 0.6 is 11.8 Å². The van der Waals surface area contributed by atoms with Gasteiger partial charge in [0.05, 0.1) is 0 Å². The van der Waals surface area contributed by atoms with Crippen LogP contribution in [0.15, 0.2) is 5.03 Å². The Balaban J connectivity index is 3.02. The lowest BCUT2D eigenvalue weighted by molar-refractivity contribution is -0.114. The van der Waals surface area contributed by atoms with Crippen molar-refractivity contribution in [1.82, 2.24) is 10.2 Å². The maximum Gasteiger partial charge on any atom is 0.222 e. The van der Waals surface area contributed by atoms with Crippen molar-refractivity contribution in [3.8, 4) is 6.07 Å². The molecule has 0 saturated heterocycles. The number of nitrogens with zero attached hydrogens (tertiary/aromatic N) is 2. The van der Waals surface area contributed by atoms with Gasteiger partial charge in [-0.05, 0) is 6.26 Å². The number of carbonyl (C=O) groups is 1. The van der Waals surface area contributed by atoms with Gasteiger partial charge in [0.1, 0.15) is 22.5 Å². The van der Waals surface area contributed by atoms with E-state index in [9.17, 15) is 4.79 Å². The first-order valence-corrected chi connectivity index (χ1v) is 4.71. The van der Waals surface area contributed by atoms with Crippen molar-refractivity contribution in [3.63, 3.8) is 0 Å². The fourth-order valence-electron chi connectivity index (χ4n) is 0.843. The molecule has 68 valence electrons. The molecule has 5 nitrogen and oxygen atoms in total. The summed E-state index contributed by atoms with van der Waals surface area (Å²) in [6.07, 6.45) is 1.81. The van der Waals surface area contributed by atoms with E-state index in [0.29, 0.717) is 16.4 Å². The number of rotatable bonds is 2. The summed E-state index contributed by atoms with van der Waals surface area (Å²) >= 11 is 1.35. The molecule has 0 radical (unpaired) electrons. The molecule has 2 N–H and O–H groups in total. The first-order valence-electron chi connectivity index (χ1n) is 3.49. The molecule has 0 atom stereocenters. The van der Waals surface area contributed by atoms with Gasteiger partial charge in [0.25, 0.3) is 0 Å². The van der Waals surface area contributed by atoms with Crippen molar-refractivity contribution in [1.29, 1.82) is 5.26 Å². The predicted octanol–water partition coefficient (Wildman–Crippen LogP) is 0.962. The highest BCUT2D eigenvalue weighted by molar-refractivity contribution is 7.98. The number of H-pyrrole nitrogens is 1. The molecule has 0 fully saturated rings. The van der Waals surface area contributed by atoms with Crippen LogP contribution in [0.25, 0.3) is 0 Å². The van der Waals surface area contributed by atoms with E-state index in [1.165, 1.54) is 18.7 Å². The van der Waals surface area contributed by atoms with E-state index in [4.69, 9.17) is 5.26 Å². The monoisotopic (exact) mass is 196 g/mol. The highest BCUT2D eigenvalue weighted by Gasteiger charge is 2.12. The summed E-state index contributed by atoms with van der Waals surface area (Å²) < 4.78 is 0. The molecule has 13 heavy (non-hydrogen) atoms. The van der Waals surface area contributed by atoms with Crippen LogP contribution in [0, 0.1) is 11.3 Å². The SMILES string of the molecule is CSc1n[nH]c(NC(C)=O)c1C#N. The molecular formula is C7H8N4OS. The van der Waals surface area contributed by atoms with E-state index in [1.54, 1.807) is 0 Å². The Morgan fingerprint density at radius 1 is 1.77 bits per heavy atom. The van der Waals surface area contributed by atoms with E-state index in [-0.39, 0.29) is 5.91 Å². The molecule has 1 rings (SSSR count). The largest absolute Gasteiger partial charge is 0.310 e. The predicted molar refractivity (Wildman–Crippen MR) is 49.4 cm³/mol. The van der Waals surface area contributed by atoms with Gasteiger partial charge in [0.2, 0.25) is 5.91 Å². The van der Waals surface area contributed by atoms with Crippen LogP contribution in [0.1, 0.15) is 12.5 Å². The van der Waals surface area contributed by atoms with Crippen LogP contribution in [0.2, 0.25) is 0 Å². The average Bonchev–Trinajstić information content (AvgIpc) is 2.45. The Labute approximate surface area is 79.5 Å². The molecular weight excluding hydrogens is 188 g/mol. The number of aromatic nitrogens is 2. The minimum absolute atomic E-state index is 0.229. The number of hydrogen-bond acceptors (Lipinski definition) is 4. The number of thioether (sulfide) groups is 1. The van der Waals surface area contributed by atoms with E-state index in [0.717, 1.165) is 0 Å². The Bertz CT molecular complexity index is 365. The van der Waals surface area contributed by atoms with Crippen molar-refractivity contribution >= 4 is 23.5 Å². The van der Waals surface area contributed by atoms with Crippen LogP contribution in [0.5, 0.6) is 0 Å². The average molecular weight is 196 g/mol. The number of amides is 1. The Morgan fingerprint density at radius 3 is 2.92 bits per heavy atom. The summed E-state index contributed by atoms with van der Waals surface area (Å²) in [6, 6.07) is 1.97. The van der Waals surface area contributed by atoms with Gasteiger partial charge in [0, 0.05) is 6.92 Å². The zero-order chi connectivity index (χ0) is 9.84. The van der Waals surface area contributed by atoms with Crippen molar-refractivity contribution in [2.24, 2.45) is 0 Å². The van der Waals surface area contributed by atoms with Gasteiger partial charge in [-0.15, -0.1) is 11.8 Å². The minimum Gasteiger partial charge on any atom is -0.310 e. The highest BCUT2D eigenvalue weighted by atomic mass is 32.2. The van der Waals surface area contributed by atoms with Gasteiger partial charge >= 0.3 is 0 Å². The van der Waals surface area contributed by atoms with Crippen molar-refractivity contribution < 1.29 is 4.79 Å².